The smallest absolute Gasteiger partial charge is 0.123 e. The van der Waals surface area contributed by atoms with Crippen LogP contribution in [0.25, 0.3) is 0 Å². The van der Waals surface area contributed by atoms with Gasteiger partial charge in [0.05, 0.1) is 6.10 Å². The maximum Gasteiger partial charge on any atom is 0.123 e. The lowest BCUT2D eigenvalue weighted by atomic mass is 10.1. The molecule has 1 aliphatic carbocycles. The summed E-state index contributed by atoms with van der Waals surface area (Å²) in [5.74, 6) is 1.02. The van der Waals surface area contributed by atoms with Gasteiger partial charge in [-0.15, -0.1) is 0 Å². The van der Waals surface area contributed by atoms with Crippen LogP contribution in [0, 0.1) is 0 Å². The summed E-state index contributed by atoms with van der Waals surface area (Å²) < 4.78 is 5.92. The first-order chi connectivity index (χ1) is 9.33. The summed E-state index contributed by atoms with van der Waals surface area (Å²) >= 11 is 0. The number of fused-ring (bicyclic) bond motifs is 1. The van der Waals surface area contributed by atoms with E-state index in [1.807, 2.05) is 12.1 Å². The molecule has 1 aromatic rings. The van der Waals surface area contributed by atoms with Crippen LogP contribution in [0.4, 0.5) is 0 Å². The maximum atomic E-state index is 10.1. The molecule has 0 radical (unpaired) electrons. The third-order valence-corrected chi connectivity index (χ3v) is 4.30. The van der Waals surface area contributed by atoms with Crippen molar-refractivity contribution in [3.05, 3.63) is 29.8 Å². The van der Waals surface area contributed by atoms with E-state index in [9.17, 15) is 5.11 Å². The monoisotopic (exact) mass is 261 g/mol. The third kappa shape index (κ3) is 3.10. The fraction of sp³-hybridized carbons (Fsp3) is 0.625. The molecule has 1 heterocycles. The Morgan fingerprint density at radius 1 is 1.16 bits per heavy atom. The molecule has 0 spiro atoms. The molecule has 3 rings (SSSR count). The van der Waals surface area contributed by atoms with Gasteiger partial charge in [-0.1, -0.05) is 37.5 Å². The number of para-hydroxylation sites is 1. The second-order valence-electron chi connectivity index (χ2n) is 5.77. The first-order valence-corrected chi connectivity index (χ1v) is 7.49. The summed E-state index contributed by atoms with van der Waals surface area (Å²) in [6.45, 7) is 0.830. The average Bonchev–Trinajstić information content (AvgIpc) is 2.73. The zero-order valence-electron chi connectivity index (χ0n) is 11.3. The van der Waals surface area contributed by atoms with Crippen molar-refractivity contribution in [3.63, 3.8) is 0 Å². The molecule has 1 fully saturated rings. The summed E-state index contributed by atoms with van der Waals surface area (Å²) in [5.41, 5.74) is 1.30. The Morgan fingerprint density at radius 3 is 2.89 bits per heavy atom. The topological polar surface area (TPSA) is 41.5 Å². The minimum Gasteiger partial charge on any atom is -0.488 e. The number of benzene rings is 1. The highest BCUT2D eigenvalue weighted by Gasteiger charge is 2.25. The van der Waals surface area contributed by atoms with Gasteiger partial charge in [-0.3, -0.25) is 0 Å². The molecule has 1 aliphatic heterocycles. The molecule has 0 bridgehead atoms. The van der Waals surface area contributed by atoms with E-state index in [0.29, 0.717) is 0 Å². The molecule has 2 N–H and O–H groups in total. The first kappa shape index (κ1) is 12.9. The molecule has 0 aromatic heterocycles. The van der Waals surface area contributed by atoms with E-state index in [0.717, 1.165) is 38.0 Å². The summed E-state index contributed by atoms with van der Waals surface area (Å²) in [5, 5.41) is 13.6. The van der Waals surface area contributed by atoms with E-state index in [1.54, 1.807) is 0 Å². The minimum absolute atomic E-state index is 0.189. The van der Waals surface area contributed by atoms with E-state index in [4.69, 9.17) is 4.74 Å². The molecule has 3 unspecified atom stereocenters. The van der Waals surface area contributed by atoms with Crippen molar-refractivity contribution in [2.24, 2.45) is 0 Å². The van der Waals surface area contributed by atoms with Crippen LogP contribution in [0.3, 0.4) is 0 Å². The Kier molecular flexibility index (Phi) is 4.04. The van der Waals surface area contributed by atoms with Crippen molar-refractivity contribution in [2.45, 2.75) is 56.8 Å². The van der Waals surface area contributed by atoms with Crippen molar-refractivity contribution >= 4 is 0 Å². The second-order valence-corrected chi connectivity index (χ2v) is 5.77. The molecule has 3 nitrogen and oxygen atoms in total. The molecule has 1 aromatic carbocycles. The SMILES string of the molecule is OC1CCCCCC1NCC1Cc2ccccc2O1. The van der Waals surface area contributed by atoms with Gasteiger partial charge >= 0.3 is 0 Å². The second kappa shape index (κ2) is 5.93. The van der Waals surface area contributed by atoms with Crippen molar-refractivity contribution in [1.82, 2.24) is 5.32 Å². The zero-order valence-corrected chi connectivity index (χ0v) is 11.3. The Labute approximate surface area is 115 Å². The van der Waals surface area contributed by atoms with Crippen LogP contribution in [-0.4, -0.2) is 29.9 Å². The van der Waals surface area contributed by atoms with Crippen molar-refractivity contribution in [3.8, 4) is 5.75 Å². The zero-order chi connectivity index (χ0) is 13.1. The fourth-order valence-electron chi connectivity index (χ4n) is 3.18. The molecule has 3 heteroatoms. The van der Waals surface area contributed by atoms with E-state index in [1.165, 1.54) is 18.4 Å². The van der Waals surface area contributed by atoms with E-state index < -0.39 is 0 Å². The molecular weight excluding hydrogens is 238 g/mol. The number of nitrogens with one attached hydrogen (secondary N) is 1. The molecule has 1 saturated carbocycles. The Morgan fingerprint density at radius 2 is 2.00 bits per heavy atom. The van der Waals surface area contributed by atoms with Gasteiger partial charge in [0.15, 0.2) is 0 Å². The van der Waals surface area contributed by atoms with E-state index >= 15 is 0 Å². The lowest BCUT2D eigenvalue weighted by Crippen LogP contribution is -2.43. The quantitative estimate of drug-likeness (QED) is 0.820. The highest BCUT2D eigenvalue weighted by atomic mass is 16.5. The van der Waals surface area contributed by atoms with Crippen molar-refractivity contribution in [1.29, 1.82) is 0 Å². The van der Waals surface area contributed by atoms with Gasteiger partial charge in [-0.25, -0.2) is 0 Å². The van der Waals surface area contributed by atoms with Crippen LogP contribution in [0.5, 0.6) is 5.75 Å². The first-order valence-electron chi connectivity index (χ1n) is 7.49. The number of hydrogen-bond donors (Lipinski definition) is 2. The number of rotatable bonds is 3. The van der Waals surface area contributed by atoms with Crippen LogP contribution in [-0.2, 0) is 6.42 Å². The molecule has 104 valence electrons. The molecule has 3 atom stereocenters. The van der Waals surface area contributed by atoms with Crippen LogP contribution in [0.2, 0.25) is 0 Å². The lowest BCUT2D eigenvalue weighted by molar-refractivity contribution is 0.112. The maximum absolute atomic E-state index is 10.1. The van der Waals surface area contributed by atoms with Gasteiger partial charge in [0, 0.05) is 19.0 Å². The summed E-state index contributed by atoms with van der Waals surface area (Å²) in [6.07, 6.45) is 6.65. The van der Waals surface area contributed by atoms with Gasteiger partial charge in [-0.05, 0) is 24.5 Å². The fourth-order valence-corrected chi connectivity index (χ4v) is 3.18. The van der Waals surface area contributed by atoms with Crippen LogP contribution < -0.4 is 10.1 Å². The average molecular weight is 261 g/mol. The van der Waals surface area contributed by atoms with Crippen LogP contribution in [0.15, 0.2) is 24.3 Å². The molecule has 0 saturated heterocycles. The van der Waals surface area contributed by atoms with Gasteiger partial charge in [-0.2, -0.15) is 0 Å². The molecule has 19 heavy (non-hydrogen) atoms. The largest absolute Gasteiger partial charge is 0.488 e. The summed E-state index contributed by atoms with van der Waals surface area (Å²) in [4.78, 5) is 0. The number of hydrogen-bond acceptors (Lipinski definition) is 3. The normalized spacial score (nSPS) is 30.5. The standard InChI is InChI=1S/C16H23NO2/c18-15-8-3-1-2-7-14(15)17-11-13-10-12-6-4-5-9-16(12)19-13/h4-6,9,13-15,17-18H,1-3,7-8,10-11H2. The molecular formula is C16H23NO2. The van der Waals surface area contributed by atoms with Gasteiger partial charge in [0.1, 0.15) is 11.9 Å². The summed E-state index contributed by atoms with van der Waals surface area (Å²) in [7, 11) is 0. The van der Waals surface area contributed by atoms with Crippen LogP contribution in [0.1, 0.15) is 37.7 Å². The van der Waals surface area contributed by atoms with E-state index in [2.05, 4.69) is 17.4 Å². The van der Waals surface area contributed by atoms with Gasteiger partial charge in [0.25, 0.3) is 0 Å². The minimum atomic E-state index is -0.189. The Bertz CT molecular complexity index is 396. The highest BCUT2D eigenvalue weighted by molar-refractivity contribution is 5.37. The predicted octanol–water partition coefficient (Wildman–Crippen LogP) is 2.27. The number of aliphatic hydroxyl groups excluding tert-OH is 1. The molecule has 0 amide bonds. The van der Waals surface area contributed by atoms with E-state index in [-0.39, 0.29) is 18.2 Å². The Balaban J connectivity index is 1.51. The van der Waals surface area contributed by atoms with Crippen molar-refractivity contribution in [2.75, 3.05) is 6.54 Å². The lowest BCUT2D eigenvalue weighted by Gasteiger charge is -2.23. The predicted molar refractivity (Wildman–Crippen MR) is 75.4 cm³/mol. The van der Waals surface area contributed by atoms with Crippen molar-refractivity contribution < 1.29 is 9.84 Å². The Hall–Kier alpha value is -1.06. The number of ether oxygens (including phenoxy) is 1. The summed E-state index contributed by atoms with van der Waals surface area (Å²) in [6, 6.07) is 8.50. The van der Waals surface area contributed by atoms with Crippen LogP contribution >= 0.6 is 0 Å². The third-order valence-electron chi connectivity index (χ3n) is 4.30. The number of aliphatic hydroxyl groups is 1. The molecule has 2 aliphatic rings. The van der Waals surface area contributed by atoms with Gasteiger partial charge in [0.2, 0.25) is 0 Å². The van der Waals surface area contributed by atoms with Gasteiger partial charge < -0.3 is 15.2 Å². The highest BCUT2D eigenvalue weighted by Crippen LogP contribution is 2.28.